The van der Waals surface area contributed by atoms with Crippen LogP contribution in [0.3, 0.4) is 0 Å². The van der Waals surface area contributed by atoms with Gasteiger partial charge in [-0.2, -0.15) is 0 Å². The van der Waals surface area contributed by atoms with E-state index in [9.17, 15) is 0 Å². The molecule has 1 aromatic heterocycles. The Hall–Kier alpha value is -2.27. The molecule has 0 radical (unpaired) electrons. The third-order valence-electron chi connectivity index (χ3n) is 3.83. The second-order valence-corrected chi connectivity index (χ2v) is 6.03. The van der Waals surface area contributed by atoms with Crippen LogP contribution >= 0.6 is 12.2 Å². The fraction of sp³-hybridized carbons (Fsp3) is 0.235. The van der Waals surface area contributed by atoms with Gasteiger partial charge in [-0.3, -0.25) is 0 Å². The number of nitrogen functional groups attached to an aromatic ring is 2. The van der Waals surface area contributed by atoms with Crippen molar-refractivity contribution in [2.24, 2.45) is 0 Å². The number of rotatable bonds is 0. The van der Waals surface area contributed by atoms with E-state index in [1.807, 2.05) is 26.0 Å². The molecule has 0 saturated carbocycles. The first-order chi connectivity index (χ1) is 10.3. The molecule has 0 bridgehead atoms. The molecule has 1 heterocycles. The molecule has 0 spiro atoms. The zero-order valence-electron chi connectivity index (χ0n) is 13.4. The van der Waals surface area contributed by atoms with Crippen LogP contribution in [0.25, 0.3) is 11.0 Å². The maximum atomic E-state index is 5.56. The summed E-state index contributed by atoms with van der Waals surface area (Å²) in [6.45, 7) is 8.23. The van der Waals surface area contributed by atoms with Crippen molar-refractivity contribution in [3.8, 4) is 0 Å². The molecule has 0 aliphatic rings. The molecule has 3 aromatic rings. The zero-order chi connectivity index (χ0) is 16.4. The fourth-order valence-corrected chi connectivity index (χ4v) is 2.38. The normalized spacial score (nSPS) is 10.4. The molecule has 5 heteroatoms. The summed E-state index contributed by atoms with van der Waals surface area (Å²) >= 11 is 4.99. The number of hydrogen-bond acceptors (Lipinski definition) is 3. The molecule has 116 valence electrons. The molecule has 0 amide bonds. The summed E-state index contributed by atoms with van der Waals surface area (Å²) in [5, 5.41) is 0. The Labute approximate surface area is 135 Å². The van der Waals surface area contributed by atoms with Gasteiger partial charge in [0.05, 0.1) is 22.4 Å². The first-order valence-electron chi connectivity index (χ1n) is 7.09. The minimum atomic E-state index is 0.670. The Bertz CT molecular complexity index is 782. The van der Waals surface area contributed by atoms with Gasteiger partial charge in [0.15, 0.2) is 4.77 Å². The van der Waals surface area contributed by atoms with Gasteiger partial charge in [-0.1, -0.05) is 0 Å². The largest absolute Gasteiger partial charge is 0.397 e. The number of anilines is 2. The van der Waals surface area contributed by atoms with Crippen LogP contribution in [0.1, 0.15) is 22.3 Å². The highest BCUT2D eigenvalue weighted by Gasteiger charge is 1.98. The quantitative estimate of drug-likeness (QED) is 0.368. The van der Waals surface area contributed by atoms with Gasteiger partial charge in [-0.25, -0.2) is 0 Å². The van der Waals surface area contributed by atoms with Crippen LogP contribution in [-0.4, -0.2) is 9.97 Å². The molecule has 0 saturated heterocycles. The predicted octanol–water partition coefficient (Wildman–Crippen LogP) is 4.31. The predicted molar refractivity (Wildman–Crippen MR) is 97.7 cm³/mol. The molecule has 3 rings (SSSR count). The van der Waals surface area contributed by atoms with Gasteiger partial charge in [0, 0.05) is 0 Å². The summed E-state index contributed by atoms with van der Waals surface area (Å²) in [7, 11) is 0. The van der Waals surface area contributed by atoms with Gasteiger partial charge in [0.2, 0.25) is 0 Å². The second-order valence-electron chi connectivity index (χ2n) is 5.63. The van der Waals surface area contributed by atoms with E-state index in [0.717, 1.165) is 11.0 Å². The lowest BCUT2D eigenvalue weighted by molar-refractivity contribution is 1.30. The minimum absolute atomic E-state index is 0.670. The van der Waals surface area contributed by atoms with Crippen LogP contribution in [0.5, 0.6) is 0 Å². The summed E-state index contributed by atoms with van der Waals surface area (Å²) in [5.74, 6) is 0. The second kappa shape index (κ2) is 6.23. The summed E-state index contributed by atoms with van der Waals surface area (Å²) in [6, 6.07) is 8.00. The van der Waals surface area contributed by atoms with Crippen LogP contribution in [0.4, 0.5) is 11.4 Å². The van der Waals surface area contributed by atoms with E-state index in [-0.39, 0.29) is 0 Å². The molecule has 0 aliphatic carbocycles. The highest BCUT2D eigenvalue weighted by atomic mass is 32.1. The van der Waals surface area contributed by atoms with Gasteiger partial charge in [0.25, 0.3) is 0 Å². The molecule has 6 N–H and O–H groups in total. The topological polar surface area (TPSA) is 83.6 Å². The summed E-state index contributed by atoms with van der Waals surface area (Å²) in [6.07, 6.45) is 0. The number of aromatic amines is 2. The van der Waals surface area contributed by atoms with E-state index in [1.54, 1.807) is 0 Å². The van der Waals surface area contributed by atoms with E-state index in [0.29, 0.717) is 16.1 Å². The van der Waals surface area contributed by atoms with Crippen LogP contribution < -0.4 is 11.5 Å². The molecular weight excluding hydrogens is 292 g/mol. The van der Waals surface area contributed by atoms with Crippen LogP contribution in [0, 0.1) is 32.5 Å². The summed E-state index contributed by atoms with van der Waals surface area (Å²) < 4.78 is 0.690. The molecule has 0 fully saturated rings. The van der Waals surface area contributed by atoms with Gasteiger partial charge < -0.3 is 21.4 Å². The number of hydrogen-bond donors (Lipinski definition) is 4. The number of nitrogens with one attached hydrogen (secondary N) is 2. The highest BCUT2D eigenvalue weighted by Crippen LogP contribution is 2.19. The summed E-state index contributed by atoms with van der Waals surface area (Å²) in [4.78, 5) is 6.17. The lowest BCUT2D eigenvalue weighted by Gasteiger charge is -2.03. The molecule has 2 aromatic carbocycles. The number of H-pyrrole nitrogens is 2. The highest BCUT2D eigenvalue weighted by molar-refractivity contribution is 7.71. The number of aromatic nitrogens is 2. The van der Waals surface area contributed by atoms with Crippen molar-refractivity contribution in [3.63, 3.8) is 0 Å². The number of fused-ring (bicyclic) bond motifs is 1. The average Bonchev–Trinajstić information content (AvgIpc) is 2.77. The summed E-state index contributed by atoms with van der Waals surface area (Å²) in [5.41, 5.74) is 19.6. The maximum absolute atomic E-state index is 5.56. The third kappa shape index (κ3) is 3.49. The van der Waals surface area contributed by atoms with Crippen molar-refractivity contribution in [1.82, 2.24) is 9.97 Å². The maximum Gasteiger partial charge on any atom is 0.175 e. The molecule has 4 nitrogen and oxygen atoms in total. The van der Waals surface area contributed by atoms with Crippen molar-refractivity contribution in [2.75, 3.05) is 11.5 Å². The van der Waals surface area contributed by atoms with Gasteiger partial charge in [-0.15, -0.1) is 0 Å². The molecule has 0 aliphatic heterocycles. The monoisotopic (exact) mass is 314 g/mol. The van der Waals surface area contributed by atoms with E-state index in [1.165, 1.54) is 22.3 Å². The number of imidazole rings is 1. The van der Waals surface area contributed by atoms with Gasteiger partial charge in [0.1, 0.15) is 0 Å². The smallest absolute Gasteiger partial charge is 0.175 e. The Morgan fingerprint density at radius 2 is 1.00 bits per heavy atom. The van der Waals surface area contributed by atoms with Gasteiger partial charge in [-0.05, 0) is 86.4 Å². The first-order valence-corrected chi connectivity index (χ1v) is 7.50. The SMILES string of the molecule is Cc1cc(N)c(N)cc1C.Cc1cc2[nH]c(=S)[nH]c2cc1C. The molecule has 0 atom stereocenters. The molecular formula is C17H22N4S. The Kier molecular flexibility index (Phi) is 4.56. The average molecular weight is 314 g/mol. The Balaban J connectivity index is 0.000000164. The standard InChI is InChI=1S/C9H10N2S.C8H12N2/c1-5-3-7-8(4-6(5)2)11-9(12)10-7;1-5-3-7(9)8(10)4-6(5)2/h3-4H,1-2H3,(H2,10,11,12);3-4H,9-10H2,1-2H3. The minimum Gasteiger partial charge on any atom is -0.397 e. The molecule has 0 unspecified atom stereocenters. The van der Waals surface area contributed by atoms with E-state index < -0.39 is 0 Å². The first kappa shape index (κ1) is 16.1. The number of nitrogens with two attached hydrogens (primary N) is 2. The van der Waals surface area contributed by atoms with E-state index in [4.69, 9.17) is 23.7 Å². The lowest BCUT2D eigenvalue weighted by atomic mass is 10.1. The van der Waals surface area contributed by atoms with Crippen molar-refractivity contribution >= 4 is 34.6 Å². The van der Waals surface area contributed by atoms with E-state index >= 15 is 0 Å². The third-order valence-corrected chi connectivity index (χ3v) is 4.03. The van der Waals surface area contributed by atoms with E-state index in [2.05, 4.69) is 35.9 Å². The zero-order valence-corrected chi connectivity index (χ0v) is 14.2. The number of aryl methyl sites for hydroxylation is 4. The molecule has 22 heavy (non-hydrogen) atoms. The Morgan fingerprint density at radius 3 is 1.36 bits per heavy atom. The van der Waals surface area contributed by atoms with Crippen molar-refractivity contribution in [3.05, 3.63) is 51.3 Å². The van der Waals surface area contributed by atoms with Crippen molar-refractivity contribution in [1.29, 1.82) is 0 Å². The van der Waals surface area contributed by atoms with Crippen LogP contribution in [0.2, 0.25) is 0 Å². The van der Waals surface area contributed by atoms with Crippen LogP contribution in [-0.2, 0) is 0 Å². The van der Waals surface area contributed by atoms with Gasteiger partial charge >= 0.3 is 0 Å². The van der Waals surface area contributed by atoms with Crippen molar-refractivity contribution in [2.45, 2.75) is 27.7 Å². The fourth-order valence-electron chi connectivity index (χ4n) is 2.16. The lowest BCUT2D eigenvalue weighted by Crippen LogP contribution is -1.96. The Morgan fingerprint density at radius 1 is 0.682 bits per heavy atom. The van der Waals surface area contributed by atoms with Crippen molar-refractivity contribution < 1.29 is 0 Å². The number of benzene rings is 2. The van der Waals surface area contributed by atoms with Crippen LogP contribution in [0.15, 0.2) is 24.3 Å².